The Balaban J connectivity index is 1.66. The number of carbonyl (C=O) groups is 1. The van der Waals surface area contributed by atoms with Crippen LogP contribution in [-0.4, -0.2) is 11.6 Å². The van der Waals surface area contributed by atoms with Crippen LogP contribution in [0.25, 0.3) is 0 Å². The second-order valence-corrected chi connectivity index (χ2v) is 7.92. The van der Waals surface area contributed by atoms with Crippen LogP contribution in [0.2, 0.25) is 0 Å². The number of hydrogen-bond acceptors (Lipinski definition) is 2. The third-order valence-corrected chi connectivity index (χ3v) is 6.85. The summed E-state index contributed by atoms with van der Waals surface area (Å²) in [5, 5.41) is 0. The molecule has 6 atom stereocenters. The van der Waals surface area contributed by atoms with Crippen LogP contribution in [0.5, 0.6) is 0 Å². The van der Waals surface area contributed by atoms with Gasteiger partial charge in [-0.3, -0.25) is 4.79 Å². The first kappa shape index (κ1) is 11.3. The highest BCUT2D eigenvalue weighted by atomic mass is 16.6. The third-order valence-electron chi connectivity index (χ3n) is 6.85. The van der Waals surface area contributed by atoms with Crippen molar-refractivity contribution in [1.29, 1.82) is 0 Å². The molecule has 4 aliphatic rings. The summed E-state index contributed by atoms with van der Waals surface area (Å²) in [5.41, 5.74) is 0.465. The van der Waals surface area contributed by atoms with Crippen LogP contribution in [0, 0.1) is 35.0 Å². The lowest BCUT2D eigenvalue weighted by Crippen LogP contribution is -2.52. The van der Waals surface area contributed by atoms with Gasteiger partial charge in [-0.2, -0.15) is 0 Å². The van der Waals surface area contributed by atoms with E-state index in [4.69, 9.17) is 4.74 Å². The Hall–Kier alpha value is -0.530. The molecular formula is C16H24O2. The Labute approximate surface area is 109 Å². The van der Waals surface area contributed by atoms with E-state index in [1.54, 1.807) is 0 Å². The average Bonchev–Trinajstić information content (AvgIpc) is 2.56. The molecular weight excluding hydrogens is 224 g/mol. The van der Waals surface area contributed by atoms with Crippen molar-refractivity contribution < 1.29 is 9.53 Å². The first-order valence-corrected chi connectivity index (χ1v) is 7.68. The Morgan fingerprint density at radius 2 is 1.89 bits per heavy atom. The van der Waals surface area contributed by atoms with Crippen LogP contribution >= 0.6 is 0 Å². The minimum atomic E-state index is -0.132. The van der Waals surface area contributed by atoms with Gasteiger partial charge in [0.25, 0.3) is 0 Å². The molecule has 4 aliphatic carbocycles. The molecule has 4 saturated carbocycles. The molecule has 0 N–H and O–H groups in total. The van der Waals surface area contributed by atoms with Crippen molar-refractivity contribution in [2.45, 2.75) is 58.5 Å². The van der Waals surface area contributed by atoms with Crippen molar-refractivity contribution >= 4 is 5.97 Å². The predicted octanol–water partition coefficient (Wildman–Crippen LogP) is 3.40. The summed E-state index contributed by atoms with van der Waals surface area (Å²) in [7, 11) is 0. The topological polar surface area (TPSA) is 26.3 Å². The Morgan fingerprint density at radius 3 is 2.61 bits per heavy atom. The molecule has 0 aromatic carbocycles. The molecule has 4 rings (SSSR count). The highest BCUT2D eigenvalue weighted by Crippen LogP contribution is 2.78. The molecule has 6 unspecified atom stereocenters. The number of rotatable bonds is 2. The Kier molecular flexibility index (Phi) is 1.97. The summed E-state index contributed by atoms with van der Waals surface area (Å²) in [6, 6.07) is 0. The van der Waals surface area contributed by atoms with Crippen molar-refractivity contribution in [3.05, 3.63) is 0 Å². The van der Waals surface area contributed by atoms with E-state index in [2.05, 4.69) is 6.92 Å². The molecule has 0 amide bonds. The Morgan fingerprint density at radius 1 is 1.17 bits per heavy atom. The molecule has 0 radical (unpaired) electrons. The predicted molar refractivity (Wildman–Crippen MR) is 68.8 cm³/mol. The van der Waals surface area contributed by atoms with Crippen LogP contribution < -0.4 is 0 Å². The van der Waals surface area contributed by atoms with E-state index < -0.39 is 0 Å². The van der Waals surface area contributed by atoms with E-state index in [1.807, 2.05) is 13.8 Å². The molecule has 18 heavy (non-hydrogen) atoms. The fraction of sp³-hybridized carbons (Fsp3) is 0.938. The SMILES string of the molecule is CC(C)C(=O)OC1(C)C2CC3CC4CC1C4(C3)C2. The fourth-order valence-corrected chi connectivity index (χ4v) is 6.07. The number of carbonyl (C=O) groups excluding carboxylic acids is 1. The summed E-state index contributed by atoms with van der Waals surface area (Å²) in [6.45, 7) is 6.13. The zero-order chi connectivity index (χ0) is 12.7. The van der Waals surface area contributed by atoms with Crippen molar-refractivity contribution in [3.8, 4) is 0 Å². The molecule has 0 heterocycles. The maximum Gasteiger partial charge on any atom is 0.308 e. The second-order valence-electron chi connectivity index (χ2n) is 7.92. The van der Waals surface area contributed by atoms with E-state index in [0.717, 1.165) is 11.8 Å². The standard InChI is InChI=1S/C16H24O2/c1-9(2)14(17)18-15(3)12-5-10-4-11-6-13(15)16(11,7-10)8-12/h9-13H,4-8H2,1-3H3. The first-order chi connectivity index (χ1) is 8.45. The van der Waals surface area contributed by atoms with Crippen molar-refractivity contribution in [2.75, 3.05) is 0 Å². The van der Waals surface area contributed by atoms with Crippen molar-refractivity contribution in [1.82, 2.24) is 0 Å². The molecule has 2 heteroatoms. The molecule has 0 saturated heterocycles. The van der Waals surface area contributed by atoms with E-state index in [-0.39, 0.29) is 17.5 Å². The molecule has 0 aromatic heterocycles. The van der Waals surface area contributed by atoms with E-state index in [0.29, 0.717) is 17.3 Å². The summed E-state index contributed by atoms with van der Waals surface area (Å²) < 4.78 is 6.03. The largest absolute Gasteiger partial charge is 0.459 e. The minimum absolute atomic E-state index is 0.00726. The minimum Gasteiger partial charge on any atom is -0.459 e. The zero-order valence-corrected chi connectivity index (χ0v) is 11.7. The van der Waals surface area contributed by atoms with Crippen LogP contribution in [0.1, 0.15) is 52.9 Å². The van der Waals surface area contributed by atoms with Gasteiger partial charge in [0.15, 0.2) is 0 Å². The van der Waals surface area contributed by atoms with Gasteiger partial charge in [-0.15, -0.1) is 0 Å². The van der Waals surface area contributed by atoms with Gasteiger partial charge in [-0.25, -0.2) is 0 Å². The van der Waals surface area contributed by atoms with Gasteiger partial charge < -0.3 is 4.74 Å². The van der Waals surface area contributed by atoms with Gasteiger partial charge in [0, 0.05) is 5.92 Å². The summed E-state index contributed by atoms with van der Waals surface area (Å²) in [4.78, 5) is 12.0. The van der Waals surface area contributed by atoms with Crippen LogP contribution in [0.15, 0.2) is 0 Å². The lowest BCUT2D eigenvalue weighted by molar-refractivity contribution is -0.183. The maximum absolute atomic E-state index is 12.0. The first-order valence-electron chi connectivity index (χ1n) is 7.68. The summed E-state index contributed by atoms with van der Waals surface area (Å²) in [5.74, 6) is 3.26. The van der Waals surface area contributed by atoms with Crippen molar-refractivity contribution in [2.24, 2.45) is 35.0 Å². The third kappa shape index (κ3) is 1.09. The van der Waals surface area contributed by atoms with E-state index in [9.17, 15) is 4.79 Å². The van der Waals surface area contributed by atoms with Gasteiger partial charge in [0.2, 0.25) is 0 Å². The number of fused-ring (bicyclic) bond motifs is 2. The fourth-order valence-electron chi connectivity index (χ4n) is 6.07. The number of hydrogen-bond donors (Lipinski definition) is 0. The number of ether oxygens (including phenoxy) is 1. The molecule has 3 bridgehead atoms. The molecule has 4 fully saturated rings. The van der Waals surface area contributed by atoms with E-state index >= 15 is 0 Å². The van der Waals surface area contributed by atoms with Crippen molar-refractivity contribution in [3.63, 3.8) is 0 Å². The van der Waals surface area contributed by atoms with Crippen LogP contribution in [0.3, 0.4) is 0 Å². The lowest BCUT2D eigenvalue weighted by Gasteiger charge is -2.53. The highest BCUT2D eigenvalue weighted by molar-refractivity contribution is 5.72. The van der Waals surface area contributed by atoms with Gasteiger partial charge in [0.05, 0.1) is 5.92 Å². The molecule has 100 valence electrons. The average molecular weight is 248 g/mol. The van der Waals surface area contributed by atoms with E-state index in [1.165, 1.54) is 32.1 Å². The van der Waals surface area contributed by atoms with Crippen LogP contribution in [0.4, 0.5) is 0 Å². The molecule has 0 aliphatic heterocycles. The second kappa shape index (κ2) is 3.13. The van der Waals surface area contributed by atoms with Gasteiger partial charge in [0.1, 0.15) is 5.60 Å². The van der Waals surface area contributed by atoms with Gasteiger partial charge >= 0.3 is 5.97 Å². The molecule has 1 spiro atoms. The van der Waals surface area contributed by atoms with Gasteiger partial charge in [-0.05, 0) is 62.2 Å². The highest BCUT2D eigenvalue weighted by Gasteiger charge is 2.75. The zero-order valence-electron chi connectivity index (χ0n) is 11.7. The number of esters is 1. The monoisotopic (exact) mass is 248 g/mol. The molecule has 2 nitrogen and oxygen atoms in total. The quantitative estimate of drug-likeness (QED) is 0.700. The van der Waals surface area contributed by atoms with Gasteiger partial charge in [-0.1, -0.05) is 13.8 Å². The maximum atomic E-state index is 12.0. The molecule has 0 aromatic rings. The smallest absolute Gasteiger partial charge is 0.308 e. The summed E-state index contributed by atoms with van der Waals surface area (Å²) in [6.07, 6.45) is 6.90. The Bertz CT molecular complexity index is 415. The normalized spacial score (nSPS) is 55.6. The summed E-state index contributed by atoms with van der Waals surface area (Å²) >= 11 is 0. The lowest BCUT2D eigenvalue weighted by atomic mass is 9.54. The van der Waals surface area contributed by atoms with Crippen LogP contribution in [-0.2, 0) is 9.53 Å².